The van der Waals surface area contributed by atoms with Gasteiger partial charge in [-0.15, -0.1) is 0 Å². The van der Waals surface area contributed by atoms with Gasteiger partial charge in [-0.25, -0.2) is 13.2 Å². The smallest absolute Gasteiger partial charge is 0.338 e. The second kappa shape index (κ2) is 6.88. The van der Waals surface area contributed by atoms with E-state index in [9.17, 15) is 13.2 Å². The highest BCUT2D eigenvalue weighted by molar-refractivity contribution is 8.13. The molecule has 0 saturated carbocycles. The maximum Gasteiger partial charge on any atom is 0.338 e. The molecule has 0 amide bonds. The number of hydrogen-bond donors (Lipinski definition) is 0. The molecule has 5 nitrogen and oxygen atoms in total. The van der Waals surface area contributed by atoms with Gasteiger partial charge in [0.2, 0.25) is 0 Å². The summed E-state index contributed by atoms with van der Waals surface area (Å²) in [6.45, 7) is 4.14. The van der Waals surface area contributed by atoms with E-state index in [0.29, 0.717) is 0 Å². The Labute approximate surface area is 116 Å². The summed E-state index contributed by atoms with van der Waals surface area (Å²) in [6, 6.07) is 5.36. The molecular weight excluding hydrogens is 292 g/mol. The Bertz CT molecular complexity index is 539. The molecule has 0 aliphatic rings. The van der Waals surface area contributed by atoms with Crippen molar-refractivity contribution in [2.24, 2.45) is 0 Å². The van der Waals surface area contributed by atoms with Crippen LogP contribution in [0.25, 0.3) is 0 Å². The van der Waals surface area contributed by atoms with Crippen LogP contribution in [0.3, 0.4) is 0 Å². The largest absolute Gasteiger partial charge is 0.460 e. The molecule has 1 aromatic rings. The molecule has 0 atom stereocenters. The molecule has 0 bridgehead atoms. The number of halogens is 1. The van der Waals surface area contributed by atoms with Crippen LogP contribution in [0.4, 0.5) is 0 Å². The van der Waals surface area contributed by atoms with Crippen molar-refractivity contribution < 1.29 is 22.7 Å². The van der Waals surface area contributed by atoms with Gasteiger partial charge in [0.25, 0.3) is 9.05 Å². The van der Waals surface area contributed by atoms with Gasteiger partial charge in [-0.3, -0.25) is 0 Å². The number of carbonyl (C=O) groups is 1. The van der Waals surface area contributed by atoms with Crippen LogP contribution in [0.5, 0.6) is 0 Å². The fourth-order valence-electron chi connectivity index (χ4n) is 1.28. The summed E-state index contributed by atoms with van der Waals surface area (Å²) in [5, 5.41) is 0. The first-order valence-corrected chi connectivity index (χ1v) is 7.95. The third-order valence-electron chi connectivity index (χ3n) is 2.12. The monoisotopic (exact) mass is 306 g/mol. The van der Waals surface area contributed by atoms with E-state index in [1.165, 1.54) is 24.3 Å². The van der Waals surface area contributed by atoms with Crippen LogP contribution >= 0.6 is 10.7 Å². The van der Waals surface area contributed by atoms with Crippen molar-refractivity contribution in [2.75, 3.05) is 13.2 Å². The highest BCUT2D eigenvalue weighted by Gasteiger charge is 2.14. The minimum Gasteiger partial charge on any atom is -0.460 e. The number of benzene rings is 1. The van der Waals surface area contributed by atoms with Crippen LogP contribution in [0.1, 0.15) is 24.2 Å². The number of rotatable bonds is 6. The second-order valence-corrected chi connectivity index (χ2v) is 6.59. The Hall–Kier alpha value is -1.11. The molecule has 0 N–H and O–H groups in total. The Balaban J connectivity index is 2.63. The molecule has 0 unspecified atom stereocenters. The van der Waals surface area contributed by atoms with Gasteiger partial charge in [-0.05, 0) is 32.0 Å². The first-order valence-electron chi connectivity index (χ1n) is 5.64. The lowest BCUT2D eigenvalue weighted by Crippen LogP contribution is -2.13. The summed E-state index contributed by atoms with van der Waals surface area (Å²) in [5.74, 6) is -0.616. The van der Waals surface area contributed by atoms with Crippen LogP contribution in [0, 0.1) is 0 Å². The number of esters is 1. The third kappa shape index (κ3) is 5.59. The predicted octanol–water partition coefficient (Wildman–Crippen LogP) is 2.20. The maximum absolute atomic E-state index is 11.7. The van der Waals surface area contributed by atoms with Crippen LogP contribution in [-0.2, 0) is 18.5 Å². The summed E-state index contributed by atoms with van der Waals surface area (Å²) in [7, 11) is 1.34. The molecule has 7 heteroatoms. The molecule has 19 heavy (non-hydrogen) atoms. The molecule has 1 rings (SSSR count). The fraction of sp³-hybridized carbons (Fsp3) is 0.417. The van der Waals surface area contributed by atoms with E-state index in [0.717, 1.165) is 0 Å². The van der Waals surface area contributed by atoms with E-state index in [1.807, 2.05) is 13.8 Å². The van der Waals surface area contributed by atoms with E-state index in [-0.39, 0.29) is 29.8 Å². The zero-order chi connectivity index (χ0) is 14.5. The van der Waals surface area contributed by atoms with E-state index in [2.05, 4.69) is 0 Å². The predicted molar refractivity (Wildman–Crippen MR) is 70.9 cm³/mol. The molecule has 0 radical (unpaired) electrons. The summed E-state index contributed by atoms with van der Waals surface area (Å²) >= 11 is 0. The summed E-state index contributed by atoms with van der Waals surface area (Å²) in [4.78, 5) is 11.5. The highest BCUT2D eigenvalue weighted by Crippen LogP contribution is 2.16. The molecule has 0 aliphatic heterocycles. The van der Waals surface area contributed by atoms with Gasteiger partial charge in [0.05, 0.1) is 23.2 Å². The zero-order valence-corrected chi connectivity index (χ0v) is 12.2. The molecule has 0 aromatic heterocycles. The minimum atomic E-state index is -3.86. The number of ether oxygens (including phenoxy) is 2. The van der Waals surface area contributed by atoms with E-state index in [1.54, 1.807) is 0 Å². The number of carbonyl (C=O) groups excluding carboxylic acids is 1. The topological polar surface area (TPSA) is 69.7 Å². The first kappa shape index (κ1) is 15.9. The molecule has 0 spiro atoms. The van der Waals surface area contributed by atoms with E-state index >= 15 is 0 Å². The van der Waals surface area contributed by atoms with E-state index in [4.69, 9.17) is 20.2 Å². The summed E-state index contributed by atoms with van der Waals surface area (Å²) < 4.78 is 32.4. The fourth-order valence-corrected chi connectivity index (χ4v) is 2.07. The van der Waals surface area contributed by atoms with Gasteiger partial charge in [0.15, 0.2) is 0 Å². The van der Waals surface area contributed by atoms with Crippen molar-refractivity contribution >= 4 is 25.7 Å². The van der Waals surface area contributed by atoms with Crippen LogP contribution in [0.2, 0.25) is 0 Å². The first-order chi connectivity index (χ1) is 8.80. The third-order valence-corrected chi connectivity index (χ3v) is 3.47. The van der Waals surface area contributed by atoms with Gasteiger partial charge in [0.1, 0.15) is 6.61 Å². The second-order valence-electron chi connectivity index (χ2n) is 4.02. The number of hydrogen-bond acceptors (Lipinski definition) is 5. The van der Waals surface area contributed by atoms with Crippen LogP contribution in [-0.4, -0.2) is 33.7 Å². The normalized spacial score (nSPS) is 11.6. The molecule has 0 heterocycles. The SMILES string of the molecule is CC(C)OCCOC(=O)c1cccc(S(=O)(=O)Cl)c1. The average molecular weight is 307 g/mol. The van der Waals surface area contributed by atoms with Crippen LogP contribution < -0.4 is 0 Å². The average Bonchev–Trinajstić information content (AvgIpc) is 2.33. The van der Waals surface area contributed by atoms with Gasteiger partial charge in [0, 0.05) is 10.7 Å². The van der Waals surface area contributed by atoms with Crippen molar-refractivity contribution in [2.45, 2.75) is 24.8 Å². The van der Waals surface area contributed by atoms with Crippen LogP contribution in [0.15, 0.2) is 29.2 Å². The molecular formula is C12H15ClO5S. The van der Waals surface area contributed by atoms with Crippen molar-refractivity contribution in [3.8, 4) is 0 Å². The maximum atomic E-state index is 11.7. The summed E-state index contributed by atoms with van der Waals surface area (Å²) in [5.41, 5.74) is 0.131. The van der Waals surface area contributed by atoms with Crippen molar-refractivity contribution in [3.05, 3.63) is 29.8 Å². The van der Waals surface area contributed by atoms with E-state index < -0.39 is 15.0 Å². The standard InChI is InChI=1S/C12H15ClO5S/c1-9(2)17-6-7-18-12(14)10-4-3-5-11(8-10)19(13,15)16/h3-5,8-9H,6-7H2,1-2H3. The lowest BCUT2D eigenvalue weighted by molar-refractivity contribution is 0.0177. The minimum absolute atomic E-state index is 0.0587. The van der Waals surface area contributed by atoms with Gasteiger partial charge in [-0.2, -0.15) is 0 Å². The molecule has 0 fully saturated rings. The zero-order valence-electron chi connectivity index (χ0n) is 10.6. The quantitative estimate of drug-likeness (QED) is 0.458. The molecule has 106 valence electrons. The molecule has 0 aliphatic carbocycles. The van der Waals surface area contributed by atoms with Crippen molar-refractivity contribution in [1.82, 2.24) is 0 Å². The van der Waals surface area contributed by atoms with Gasteiger partial charge >= 0.3 is 5.97 Å². The van der Waals surface area contributed by atoms with Gasteiger partial charge in [-0.1, -0.05) is 6.07 Å². The Morgan fingerprint density at radius 1 is 1.32 bits per heavy atom. The Morgan fingerprint density at radius 2 is 2.00 bits per heavy atom. The Kier molecular flexibility index (Phi) is 5.78. The highest BCUT2D eigenvalue weighted by atomic mass is 35.7. The lowest BCUT2D eigenvalue weighted by Gasteiger charge is -2.08. The van der Waals surface area contributed by atoms with Gasteiger partial charge < -0.3 is 9.47 Å². The molecule has 0 saturated heterocycles. The van der Waals surface area contributed by atoms with Crippen molar-refractivity contribution in [3.63, 3.8) is 0 Å². The lowest BCUT2D eigenvalue weighted by atomic mass is 10.2. The van der Waals surface area contributed by atoms with Crippen molar-refractivity contribution in [1.29, 1.82) is 0 Å². The summed E-state index contributed by atoms with van der Waals surface area (Å²) in [6.07, 6.45) is 0.0587. The Morgan fingerprint density at radius 3 is 2.58 bits per heavy atom. The molecule has 1 aromatic carbocycles.